The van der Waals surface area contributed by atoms with Gasteiger partial charge in [0.2, 0.25) is 5.91 Å². The molecule has 5 heteroatoms. The molecule has 1 aromatic heterocycles. The Morgan fingerprint density at radius 1 is 1.56 bits per heavy atom. The second-order valence-corrected chi connectivity index (χ2v) is 5.00. The van der Waals surface area contributed by atoms with E-state index in [9.17, 15) is 9.59 Å². The van der Waals surface area contributed by atoms with E-state index in [4.69, 9.17) is 9.52 Å². The minimum Gasteiger partial charge on any atom is -0.478 e. The van der Waals surface area contributed by atoms with Gasteiger partial charge in [-0.1, -0.05) is 6.92 Å². The molecular weight excluding hydrogens is 234 g/mol. The number of carbonyl (C=O) groups is 2. The molecule has 18 heavy (non-hydrogen) atoms. The SMILES string of the molecule is Cc1oc(CN(C)C(=O)[C@@H]2C[C@@H]2C)cc1C(=O)O. The fourth-order valence-electron chi connectivity index (χ4n) is 2.09. The highest BCUT2D eigenvalue weighted by Gasteiger charge is 2.40. The average Bonchev–Trinajstić information content (AvgIpc) is 2.89. The van der Waals surface area contributed by atoms with E-state index in [0.29, 0.717) is 24.0 Å². The van der Waals surface area contributed by atoms with Crippen LogP contribution in [0.2, 0.25) is 0 Å². The zero-order chi connectivity index (χ0) is 13.4. The average molecular weight is 251 g/mol. The van der Waals surface area contributed by atoms with Crippen molar-refractivity contribution in [3.8, 4) is 0 Å². The first-order valence-corrected chi connectivity index (χ1v) is 5.97. The molecule has 0 aliphatic heterocycles. The quantitative estimate of drug-likeness (QED) is 0.887. The number of carboxylic acid groups (broad SMARTS) is 1. The third-order valence-corrected chi connectivity index (χ3v) is 3.40. The van der Waals surface area contributed by atoms with Crippen LogP contribution in [0.3, 0.4) is 0 Å². The summed E-state index contributed by atoms with van der Waals surface area (Å²) in [6.45, 7) is 3.98. The molecular formula is C13H17NO4. The predicted octanol–water partition coefficient (Wildman–Crippen LogP) is 1.90. The molecule has 5 nitrogen and oxygen atoms in total. The van der Waals surface area contributed by atoms with Gasteiger partial charge in [0.15, 0.2) is 0 Å². The molecule has 1 amide bonds. The summed E-state index contributed by atoms with van der Waals surface area (Å²) in [4.78, 5) is 24.4. The number of aromatic carboxylic acids is 1. The van der Waals surface area contributed by atoms with Crippen LogP contribution in [0.1, 0.15) is 35.2 Å². The number of carbonyl (C=O) groups excluding carboxylic acids is 1. The molecule has 1 aliphatic rings. The highest BCUT2D eigenvalue weighted by atomic mass is 16.4. The summed E-state index contributed by atoms with van der Waals surface area (Å²) in [6, 6.07) is 1.48. The molecule has 1 saturated carbocycles. The van der Waals surface area contributed by atoms with Gasteiger partial charge in [0.25, 0.3) is 0 Å². The van der Waals surface area contributed by atoms with Gasteiger partial charge in [-0.3, -0.25) is 4.79 Å². The Kier molecular flexibility index (Phi) is 3.15. The van der Waals surface area contributed by atoms with Gasteiger partial charge in [-0.15, -0.1) is 0 Å². The molecule has 2 atom stereocenters. The summed E-state index contributed by atoms with van der Waals surface area (Å²) < 4.78 is 5.35. The molecule has 1 aromatic rings. The van der Waals surface area contributed by atoms with E-state index in [-0.39, 0.29) is 17.4 Å². The minimum absolute atomic E-state index is 0.105. The first-order chi connectivity index (χ1) is 8.40. The number of furan rings is 1. The Balaban J connectivity index is 2.03. The molecule has 1 heterocycles. The van der Waals surface area contributed by atoms with Crippen LogP contribution in [-0.2, 0) is 11.3 Å². The number of aryl methyl sites for hydroxylation is 1. The Labute approximate surface area is 105 Å². The van der Waals surface area contributed by atoms with E-state index in [1.54, 1.807) is 18.9 Å². The van der Waals surface area contributed by atoms with Crippen LogP contribution in [0.5, 0.6) is 0 Å². The zero-order valence-corrected chi connectivity index (χ0v) is 10.8. The van der Waals surface area contributed by atoms with E-state index >= 15 is 0 Å². The lowest BCUT2D eigenvalue weighted by Crippen LogP contribution is -2.27. The largest absolute Gasteiger partial charge is 0.478 e. The number of hydrogen-bond donors (Lipinski definition) is 1. The molecule has 0 radical (unpaired) electrons. The molecule has 2 rings (SSSR count). The van der Waals surface area contributed by atoms with E-state index < -0.39 is 5.97 Å². The number of carboxylic acids is 1. The monoisotopic (exact) mass is 251 g/mol. The lowest BCUT2D eigenvalue weighted by molar-refractivity contribution is -0.132. The van der Waals surface area contributed by atoms with Crippen LogP contribution in [0.4, 0.5) is 0 Å². The first-order valence-electron chi connectivity index (χ1n) is 5.97. The molecule has 98 valence electrons. The van der Waals surface area contributed by atoms with Crippen LogP contribution >= 0.6 is 0 Å². The molecule has 0 bridgehead atoms. The van der Waals surface area contributed by atoms with Crippen molar-refractivity contribution in [3.63, 3.8) is 0 Å². The lowest BCUT2D eigenvalue weighted by atomic mass is 10.2. The highest BCUT2D eigenvalue weighted by Crippen LogP contribution is 2.39. The van der Waals surface area contributed by atoms with Crippen molar-refractivity contribution in [2.45, 2.75) is 26.8 Å². The van der Waals surface area contributed by atoms with E-state index in [1.165, 1.54) is 6.07 Å². The highest BCUT2D eigenvalue weighted by molar-refractivity contribution is 5.88. The van der Waals surface area contributed by atoms with Gasteiger partial charge < -0.3 is 14.4 Å². The first kappa shape index (κ1) is 12.7. The third-order valence-electron chi connectivity index (χ3n) is 3.40. The van der Waals surface area contributed by atoms with Gasteiger partial charge >= 0.3 is 5.97 Å². The fraction of sp³-hybridized carbons (Fsp3) is 0.538. The standard InChI is InChI=1S/C13H17NO4/c1-7-4-10(7)12(15)14(3)6-9-5-11(13(16)17)8(2)18-9/h5,7,10H,4,6H2,1-3H3,(H,16,17)/t7-,10+/m0/s1. The van der Waals surface area contributed by atoms with E-state index in [2.05, 4.69) is 6.92 Å². The maximum Gasteiger partial charge on any atom is 0.339 e. The molecule has 0 saturated heterocycles. The van der Waals surface area contributed by atoms with Crippen molar-refractivity contribution in [3.05, 3.63) is 23.2 Å². The number of nitrogens with zero attached hydrogens (tertiary/aromatic N) is 1. The summed E-state index contributed by atoms with van der Waals surface area (Å²) in [5, 5.41) is 8.91. The van der Waals surface area contributed by atoms with Crippen molar-refractivity contribution >= 4 is 11.9 Å². The van der Waals surface area contributed by atoms with Crippen LogP contribution in [-0.4, -0.2) is 28.9 Å². The smallest absolute Gasteiger partial charge is 0.339 e. The third kappa shape index (κ3) is 2.39. The topological polar surface area (TPSA) is 70.8 Å². The molecule has 0 aromatic carbocycles. The summed E-state index contributed by atoms with van der Waals surface area (Å²) in [5.74, 6) is 0.575. The van der Waals surface area contributed by atoms with Crippen LogP contribution in [0, 0.1) is 18.8 Å². The number of rotatable bonds is 4. The van der Waals surface area contributed by atoms with E-state index in [1.807, 2.05) is 0 Å². The Hall–Kier alpha value is -1.78. The molecule has 1 fully saturated rings. The molecule has 0 unspecified atom stereocenters. The maximum absolute atomic E-state index is 11.9. The maximum atomic E-state index is 11.9. The van der Waals surface area contributed by atoms with Gasteiger partial charge in [-0.2, -0.15) is 0 Å². The summed E-state index contributed by atoms with van der Waals surface area (Å²) in [7, 11) is 1.71. The minimum atomic E-state index is -1.01. The van der Waals surface area contributed by atoms with Crippen molar-refractivity contribution in [1.29, 1.82) is 0 Å². The normalized spacial score (nSPS) is 21.7. The van der Waals surface area contributed by atoms with Crippen molar-refractivity contribution < 1.29 is 19.1 Å². The van der Waals surface area contributed by atoms with Crippen molar-refractivity contribution in [1.82, 2.24) is 4.90 Å². The lowest BCUT2D eigenvalue weighted by Gasteiger charge is -2.15. The van der Waals surface area contributed by atoms with Gasteiger partial charge in [-0.05, 0) is 25.3 Å². The number of hydrogen-bond acceptors (Lipinski definition) is 3. The van der Waals surface area contributed by atoms with Crippen molar-refractivity contribution in [2.24, 2.45) is 11.8 Å². The van der Waals surface area contributed by atoms with Gasteiger partial charge in [0.05, 0.1) is 6.54 Å². The van der Waals surface area contributed by atoms with Gasteiger partial charge in [0.1, 0.15) is 17.1 Å². The molecule has 0 spiro atoms. The second kappa shape index (κ2) is 4.48. The summed E-state index contributed by atoms with van der Waals surface area (Å²) in [6.07, 6.45) is 0.945. The zero-order valence-electron chi connectivity index (χ0n) is 10.8. The molecule has 1 aliphatic carbocycles. The van der Waals surface area contributed by atoms with Crippen molar-refractivity contribution in [2.75, 3.05) is 7.05 Å². The van der Waals surface area contributed by atoms with E-state index in [0.717, 1.165) is 6.42 Å². The Bertz CT molecular complexity index is 491. The predicted molar refractivity (Wildman–Crippen MR) is 64.1 cm³/mol. The van der Waals surface area contributed by atoms with Gasteiger partial charge in [-0.25, -0.2) is 4.79 Å². The van der Waals surface area contributed by atoms with Crippen LogP contribution in [0.25, 0.3) is 0 Å². The van der Waals surface area contributed by atoms with Crippen LogP contribution < -0.4 is 0 Å². The molecule has 1 N–H and O–H groups in total. The van der Waals surface area contributed by atoms with Gasteiger partial charge in [0, 0.05) is 13.0 Å². The second-order valence-electron chi connectivity index (χ2n) is 5.00. The summed E-state index contributed by atoms with van der Waals surface area (Å²) in [5.41, 5.74) is 0.158. The fourth-order valence-corrected chi connectivity index (χ4v) is 2.09. The Morgan fingerprint density at radius 2 is 2.17 bits per heavy atom. The number of amides is 1. The Morgan fingerprint density at radius 3 is 2.61 bits per heavy atom. The summed E-state index contributed by atoms with van der Waals surface area (Å²) >= 11 is 0. The van der Waals surface area contributed by atoms with Crippen LogP contribution in [0.15, 0.2) is 10.5 Å².